The fraction of sp³-hybridized carbons (Fsp3) is 0.706. The van der Waals surface area contributed by atoms with Crippen LogP contribution >= 0.6 is 0 Å². The summed E-state index contributed by atoms with van der Waals surface area (Å²) in [6, 6.07) is 0. The summed E-state index contributed by atoms with van der Waals surface area (Å²) in [5.41, 5.74) is 2.21. The molecule has 2 atom stereocenters. The van der Waals surface area contributed by atoms with E-state index in [2.05, 4.69) is 10.3 Å². The van der Waals surface area contributed by atoms with E-state index in [0.29, 0.717) is 19.1 Å². The number of nitrogens with one attached hydrogen (secondary N) is 1. The highest BCUT2D eigenvalue weighted by Gasteiger charge is 2.31. The summed E-state index contributed by atoms with van der Waals surface area (Å²) in [5.74, 6) is 1.53. The molecule has 124 valence electrons. The lowest BCUT2D eigenvalue weighted by Gasteiger charge is -2.30. The van der Waals surface area contributed by atoms with Gasteiger partial charge in [0.1, 0.15) is 11.9 Å². The first-order chi connectivity index (χ1) is 11.3. The molecule has 4 rings (SSSR count). The maximum atomic E-state index is 12.5. The van der Waals surface area contributed by atoms with E-state index in [1.54, 1.807) is 0 Å². The Bertz CT molecular complexity index is 580. The van der Waals surface area contributed by atoms with Crippen LogP contribution < -0.4 is 5.32 Å². The smallest absolute Gasteiger partial charge is 0.252 e. The van der Waals surface area contributed by atoms with Crippen LogP contribution in [0.25, 0.3) is 0 Å². The lowest BCUT2D eigenvalue weighted by atomic mass is 9.98. The first kappa shape index (κ1) is 15.0. The number of carbonyl (C=O) groups excluding carboxylic acids is 1. The number of nitrogens with zero attached hydrogens (tertiary/aromatic N) is 3. The van der Waals surface area contributed by atoms with Gasteiger partial charge in [0.25, 0.3) is 5.91 Å². The summed E-state index contributed by atoms with van der Waals surface area (Å²) < 4.78 is 5.52. The zero-order valence-electron chi connectivity index (χ0n) is 13.5. The van der Waals surface area contributed by atoms with E-state index in [1.807, 2.05) is 11.1 Å². The number of ether oxygens (including phenoxy) is 1. The third kappa shape index (κ3) is 3.10. The Balaban J connectivity index is 1.46. The third-order valence-electron chi connectivity index (χ3n) is 5.13. The van der Waals surface area contributed by atoms with E-state index < -0.39 is 0 Å². The highest BCUT2D eigenvalue weighted by atomic mass is 16.5. The summed E-state index contributed by atoms with van der Waals surface area (Å²) in [6.45, 7) is 4.15. The van der Waals surface area contributed by atoms with Crippen molar-refractivity contribution in [3.8, 4) is 0 Å². The average Bonchev–Trinajstić information content (AvgIpc) is 3.15. The van der Waals surface area contributed by atoms with Gasteiger partial charge in [-0.25, -0.2) is 9.97 Å². The molecule has 0 bridgehead atoms. The van der Waals surface area contributed by atoms with Gasteiger partial charge in [-0.1, -0.05) is 0 Å². The van der Waals surface area contributed by atoms with Crippen LogP contribution in [0.15, 0.2) is 6.20 Å². The Morgan fingerprint density at radius 2 is 2.30 bits per heavy atom. The van der Waals surface area contributed by atoms with Gasteiger partial charge in [-0.05, 0) is 32.2 Å². The molecular formula is C17H24N4O2. The monoisotopic (exact) mass is 316 g/mol. The lowest BCUT2D eigenvalue weighted by Crippen LogP contribution is -2.42. The number of amides is 1. The van der Waals surface area contributed by atoms with E-state index in [-0.39, 0.29) is 12.0 Å². The summed E-state index contributed by atoms with van der Waals surface area (Å²) in [6.07, 6.45) is 6.72. The number of aromatic nitrogens is 2. The van der Waals surface area contributed by atoms with Crippen LogP contribution in [0.5, 0.6) is 0 Å². The Morgan fingerprint density at radius 3 is 3.09 bits per heavy atom. The van der Waals surface area contributed by atoms with Gasteiger partial charge in [0.05, 0.1) is 5.69 Å². The van der Waals surface area contributed by atoms with Crippen LogP contribution in [0.4, 0.5) is 0 Å². The van der Waals surface area contributed by atoms with Gasteiger partial charge in [-0.3, -0.25) is 4.79 Å². The molecule has 0 aromatic carbocycles. The van der Waals surface area contributed by atoms with Crippen LogP contribution in [-0.2, 0) is 22.5 Å². The fourth-order valence-electron chi connectivity index (χ4n) is 3.76. The van der Waals surface area contributed by atoms with Crippen LogP contribution in [0, 0.1) is 0 Å². The Kier molecular flexibility index (Phi) is 4.27. The summed E-state index contributed by atoms with van der Waals surface area (Å²) in [7, 11) is 0. The molecule has 0 saturated carbocycles. The lowest BCUT2D eigenvalue weighted by molar-refractivity contribution is -0.141. The van der Waals surface area contributed by atoms with Crippen LogP contribution in [0.1, 0.15) is 48.7 Å². The molecule has 2 fully saturated rings. The molecule has 2 saturated heterocycles. The SMILES string of the molecule is O=C([C@H]1CCCO1)N1CCc2nc([C@H]3CCCNC3)ncc2C1. The van der Waals surface area contributed by atoms with Crippen molar-refractivity contribution >= 4 is 5.91 Å². The van der Waals surface area contributed by atoms with E-state index in [0.717, 1.165) is 62.4 Å². The van der Waals surface area contributed by atoms with E-state index in [9.17, 15) is 4.79 Å². The van der Waals surface area contributed by atoms with E-state index >= 15 is 0 Å². The minimum atomic E-state index is -0.231. The molecule has 0 radical (unpaired) electrons. The molecule has 1 amide bonds. The second-order valence-electron chi connectivity index (χ2n) is 6.75. The van der Waals surface area contributed by atoms with E-state index in [4.69, 9.17) is 9.72 Å². The maximum Gasteiger partial charge on any atom is 0.252 e. The predicted molar refractivity (Wildman–Crippen MR) is 85.0 cm³/mol. The predicted octanol–water partition coefficient (Wildman–Crippen LogP) is 1.01. The van der Waals surface area contributed by atoms with Crippen LogP contribution in [-0.4, -0.2) is 53.1 Å². The van der Waals surface area contributed by atoms with Gasteiger partial charge < -0.3 is 15.0 Å². The van der Waals surface area contributed by atoms with Crippen molar-refractivity contribution in [2.75, 3.05) is 26.2 Å². The second-order valence-corrected chi connectivity index (χ2v) is 6.75. The van der Waals surface area contributed by atoms with Gasteiger partial charge in [0.15, 0.2) is 0 Å². The Labute approximate surface area is 136 Å². The van der Waals surface area contributed by atoms with E-state index in [1.165, 1.54) is 6.42 Å². The molecule has 6 heteroatoms. The standard InChI is InChI=1S/C17H24N4O2/c22-17(15-4-2-8-23-15)21-7-5-14-13(11-21)10-19-16(20-14)12-3-1-6-18-9-12/h10,12,15,18H,1-9,11H2/t12-,15+/m0/s1. The highest BCUT2D eigenvalue weighted by Crippen LogP contribution is 2.24. The molecule has 6 nitrogen and oxygen atoms in total. The first-order valence-electron chi connectivity index (χ1n) is 8.77. The number of piperidine rings is 1. The van der Waals surface area contributed by atoms with Crippen LogP contribution in [0.2, 0.25) is 0 Å². The molecule has 1 N–H and O–H groups in total. The quantitative estimate of drug-likeness (QED) is 0.882. The third-order valence-corrected chi connectivity index (χ3v) is 5.13. The van der Waals surface area contributed by atoms with Crippen molar-refractivity contribution in [1.29, 1.82) is 0 Å². The molecule has 3 aliphatic rings. The molecule has 3 aliphatic heterocycles. The summed E-state index contributed by atoms with van der Waals surface area (Å²) in [5, 5.41) is 3.42. The van der Waals surface area contributed by atoms with Gasteiger partial charge in [0.2, 0.25) is 0 Å². The molecule has 1 aromatic rings. The fourth-order valence-corrected chi connectivity index (χ4v) is 3.76. The Hall–Kier alpha value is -1.53. The normalized spacial score (nSPS) is 27.7. The summed E-state index contributed by atoms with van der Waals surface area (Å²) in [4.78, 5) is 23.8. The molecule has 0 aliphatic carbocycles. The largest absolute Gasteiger partial charge is 0.368 e. The summed E-state index contributed by atoms with van der Waals surface area (Å²) >= 11 is 0. The van der Waals surface area contributed by atoms with Crippen molar-refractivity contribution in [2.24, 2.45) is 0 Å². The number of hydrogen-bond acceptors (Lipinski definition) is 5. The molecule has 4 heterocycles. The molecule has 23 heavy (non-hydrogen) atoms. The number of carbonyl (C=O) groups is 1. The topological polar surface area (TPSA) is 67.3 Å². The zero-order valence-corrected chi connectivity index (χ0v) is 13.5. The number of fused-ring (bicyclic) bond motifs is 1. The molecule has 1 aromatic heterocycles. The van der Waals surface area contributed by atoms with Crippen molar-refractivity contribution in [2.45, 2.75) is 50.7 Å². The molecular weight excluding hydrogens is 292 g/mol. The minimum absolute atomic E-state index is 0.133. The van der Waals surface area contributed by atoms with Crippen molar-refractivity contribution in [1.82, 2.24) is 20.2 Å². The molecule has 0 unspecified atom stereocenters. The van der Waals surface area contributed by atoms with Crippen LogP contribution in [0.3, 0.4) is 0 Å². The van der Waals surface area contributed by atoms with Gasteiger partial charge in [-0.2, -0.15) is 0 Å². The van der Waals surface area contributed by atoms with Gasteiger partial charge in [-0.15, -0.1) is 0 Å². The maximum absolute atomic E-state index is 12.5. The average molecular weight is 316 g/mol. The minimum Gasteiger partial charge on any atom is -0.368 e. The highest BCUT2D eigenvalue weighted by molar-refractivity contribution is 5.81. The molecule has 0 spiro atoms. The number of rotatable bonds is 2. The number of hydrogen-bond donors (Lipinski definition) is 1. The second kappa shape index (κ2) is 6.53. The Morgan fingerprint density at radius 1 is 1.35 bits per heavy atom. The first-order valence-corrected chi connectivity index (χ1v) is 8.77. The van der Waals surface area contributed by atoms with Crippen molar-refractivity contribution in [3.63, 3.8) is 0 Å². The van der Waals surface area contributed by atoms with Crippen molar-refractivity contribution in [3.05, 3.63) is 23.3 Å². The zero-order chi connectivity index (χ0) is 15.6. The van der Waals surface area contributed by atoms with Crippen molar-refractivity contribution < 1.29 is 9.53 Å². The van der Waals surface area contributed by atoms with Gasteiger partial charge in [0, 0.05) is 50.3 Å². The van der Waals surface area contributed by atoms with Gasteiger partial charge >= 0.3 is 0 Å².